The first-order chi connectivity index (χ1) is 6.97. The van der Waals surface area contributed by atoms with Gasteiger partial charge in [-0.25, -0.2) is 0 Å². The van der Waals surface area contributed by atoms with E-state index in [-0.39, 0.29) is 0 Å². The summed E-state index contributed by atoms with van der Waals surface area (Å²) in [5.74, 6) is 0.822. The molecule has 2 unspecified atom stereocenters. The van der Waals surface area contributed by atoms with Crippen LogP contribution in [0.15, 0.2) is 0 Å². The fourth-order valence-corrected chi connectivity index (χ4v) is 2.00. The summed E-state index contributed by atoms with van der Waals surface area (Å²) < 4.78 is 5.47. The predicted octanol–water partition coefficient (Wildman–Crippen LogP) is 2.83. The molecule has 14 heavy (non-hydrogen) atoms. The van der Waals surface area contributed by atoms with Crippen molar-refractivity contribution in [2.75, 3.05) is 19.8 Å². The fraction of sp³-hybridized carbons (Fsp3) is 1.00. The Morgan fingerprint density at radius 1 is 1.07 bits per heavy atom. The summed E-state index contributed by atoms with van der Waals surface area (Å²) >= 11 is 0. The van der Waals surface area contributed by atoms with E-state index in [0.717, 1.165) is 25.2 Å². The highest BCUT2D eigenvalue weighted by Crippen LogP contribution is 2.22. The van der Waals surface area contributed by atoms with Gasteiger partial charge in [-0.3, -0.25) is 0 Å². The molecule has 0 saturated carbocycles. The van der Waals surface area contributed by atoms with Gasteiger partial charge in [-0.05, 0) is 31.7 Å². The molecule has 0 aromatic rings. The Morgan fingerprint density at radius 2 is 1.79 bits per heavy atom. The molecule has 2 fully saturated rings. The minimum atomic E-state index is 0.780. The third kappa shape index (κ3) is 4.43. The molecule has 0 bridgehead atoms. The van der Waals surface area contributed by atoms with Gasteiger partial charge in [0.15, 0.2) is 0 Å². The van der Waals surface area contributed by atoms with Gasteiger partial charge in [0.25, 0.3) is 0 Å². The second-order valence-electron chi connectivity index (χ2n) is 3.33. The second kappa shape index (κ2) is 9.47. The molecule has 0 aromatic heterocycles. The van der Waals surface area contributed by atoms with E-state index in [4.69, 9.17) is 4.74 Å². The molecule has 0 aliphatic carbocycles. The highest BCUT2D eigenvalue weighted by atomic mass is 16.5. The topological polar surface area (TPSA) is 21.3 Å². The lowest BCUT2D eigenvalue weighted by Gasteiger charge is -2.13. The summed E-state index contributed by atoms with van der Waals surface area (Å²) in [6.07, 6.45) is 3.89. The van der Waals surface area contributed by atoms with Gasteiger partial charge in [-0.2, -0.15) is 0 Å². The molecule has 2 heteroatoms. The van der Waals surface area contributed by atoms with Crippen LogP contribution in [-0.4, -0.2) is 25.8 Å². The van der Waals surface area contributed by atoms with Crippen LogP contribution in [0, 0.1) is 5.92 Å². The van der Waals surface area contributed by atoms with Crippen LogP contribution in [0.3, 0.4) is 0 Å². The zero-order valence-corrected chi connectivity index (χ0v) is 10.3. The summed E-state index contributed by atoms with van der Waals surface area (Å²) in [7, 11) is 0. The van der Waals surface area contributed by atoms with Crippen LogP contribution < -0.4 is 5.32 Å². The van der Waals surface area contributed by atoms with Crippen molar-refractivity contribution < 1.29 is 4.74 Å². The maximum Gasteiger partial charge on any atom is 0.0509 e. The van der Waals surface area contributed by atoms with E-state index in [1.807, 2.05) is 27.7 Å². The number of fused-ring (bicyclic) bond motifs is 1. The normalized spacial score (nSPS) is 30.0. The Kier molecular flexibility index (Phi) is 9.42. The van der Waals surface area contributed by atoms with Crippen LogP contribution in [0.1, 0.15) is 47.0 Å². The number of hydrogen-bond acceptors (Lipinski definition) is 2. The molecule has 2 aliphatic rings. The van der Waals surface area contributed by atoms with E-state index < -0.39 is 0 Å². The van der Waals surface area contributed by atoms with Crippen molar-refractivity contribution in [3.8, 4) is 0 Å². The summed E-state index contributed by atoms with van der Waals surface area (Å²) in [4.78, 5) is 0. The zero-order valence-electron chi connectivity index (χ0n) is 10.3. The molecule has 2 nitrogen and oxygen atoms in total. The molecular weight excluding hydrogens is 174 g/mol. The van der Waals surface area contributed by atoms with Gasteiger partial charge < -0.3 is 10.1 Å². The second-order valence-corrected chi connectivity index (χ2v) is 3.33. The molecule has 0 radical (unpaired) electrons. The standard InChI is InChI=1S/C8H15NO.2C2H6/c1-2-8-7(3-4-9-8)6-10-5-1;2*1-2/h7-9H,1-6H2;2*1-2H3. The van der Waals surface area contributed by atoms with Crippen molar-refractivity contribution >= 4 is 0 Å². The SMILES string of the molecule is C1COCC2CCNC2C1.CC.CC. The summed E-state index contributed by atoms with van der Waals surface area (Å²) in [6.45, 7) is 11.2. The lowest BCUT2D eigenvalue weighted by Crippen LogP contribution is -2.27. The van der Waals surface area contributed by atoms with E-state index in [0.29, 0.717) is 0 Å². The Balaban J connectivity index is 0.000000379. The molecule has 0 spiro atoms. The van der Waals surface area contributed by atoms with Crippen molar-refractivity contribution in [2.24, 2.45) is 5.92 Å². The lowest BCUT2D eigenvalue weighted by molar-refractivity contribution is 0.116. The van der Waals surface area contributed by atoms with Crippen LogP contribution in [-0.2, 0) is 4.74 Å². The first kappa shape index (κ1) is 13.9. The summed E-state index contributed by atoms with van der Waals surface area (Å²) in [6, 6.07) is 0.780. The van der Waals surface area contributed by atoms with Gasteiger partial charge in [0.05, 0.1) is 6.61 Å². The van der Waals surface area contributed by atoms with Crippen molar-refractivity contribution in [1.29, 1.82) is 0 Å². The molecule has 0 aromatic carbocycles. The van der Waals surface area contributed by atoms with Crippen LogP contribution >= 0.6 is 0 Å². The highest BCUT2D eigenvalue weighted by molar-refractivity contribution is 4.84. The predicted molar refractivity (Wildman–Crippen MR) is 62.6 cm³/mol. The molecule has 2 rings (SSSR count). The Bertz CT molecular complexity index is 105. The Morgan fingerprint density at radius 3 is 2.50 bits per heavy atom. The maximum atomic E-state index is 5.47. The monoisotopic (exact) mass is 201 g/mol. The number of hydrogen-bond donors (Lipinski definition) is 1. The minimum absolute atomic E-state index is 0.780. The average Bonchev–Trinajstić information content (AvgIpc) is 2.61. The van der Waals surface area contributed by atoms with Crippen molar-refractivity contribution in [1.82, 2.24) is 5.32 Å². The van der Waals surface area contributed by atoms with Gasteiger partial charge in [-0.1, -0.05) is 27.7 Å². The van der Waals surface area contributed by atoms with Gasteiger partial charge in [0.1, 0.15) is 0 Å². The lowest BCUT2D eigenvalue weighted by atomic mass is 9.99. The third-order valence-corrected chi connectivity index (χ3v) is 2.63. The Hall–Kier alpha value is -0.0800. The number of nitrogens with one attached hydrogen (secondary N) is 1. The van der Waals surface area contributed by atoms with Crippen LogP contribution in [0.2, 0.25) is 0 Å². The van der Waals surface area contributed by atoms with Crippen molar-refractivity contribution in [3.05, 3.63) is 0 Å². The number of ether oxygens (including phenoxy) is 1. The molecule has 2 saturated heterocycles. The quantitative estimate of drug-likeness (QED) is 0.650. The van der Waals surface area contributed by atoms with Crippen molar-refractivity contribution in [2.45, 2.75) is 53.0 Å². The van der Waals surface area contributed by atoms with E-state index in [9.17, 15) is 0 Å². The van der Waals surface area contributed by atoms with Gasteiger partial charge in [-0.15, -0.1) is 0 Å². The molecule has 1 N–H and O–H groups in total. The molecule has 2 heterocycles. The molecule has 2 atom stereocenters. The van der Waals surface area contributed by atoms with Gasteiger partial charge in [0.2, 0.25) is 0 Å². The molecule has 86 valence electrons. The van der Waals surface area contributed by atoms with Crippen LogP contribution in [0.5, 0.6) is 0 Å². The summed E-state index contributed by atoms with van der Waals surface area (Å²) in [5.41, 5.74) is 0. The molecule has 0 amide bonds. The van der Waals surface area contributed by atoms with E-state index >= 15 is 0 Å². The van der Waals surface area contributed by atoms with Gasteiger partial charge in [0, 0.05) is 12.6 Å². The number of rotatable bonds is 0. The van der Waals surface area contributed by atoms with Gasteiger partial charge >= 0.3 is 0 Å². The minimum Gasteiger partial charge on any atom is -0.381 e. The molecule has 2 aliphatic heterocycles. The first-order valence-electron chi connectivity index (χ1n) is 6.28. The van der Waals surface area contributed by atoms with E-state index in [1.165, 1.54) is 25.8 Å². The largest absolute Gasteiger partial charge is 0.381 e. The fourth-order valence-electron chi connectivity index (χ4n) is 2.00. The third-order valence-electron chi connectivity index (χ3n) is 2.63. The van der Waals surface area contributed by atoms with Crippen LogP contribution in [0.4, 0.5) is 0 Å². The first-order valence-corrected chi connectivity index (χ1v) is 6.28. The zero-order chi connectivity index (χ0) is 10.8. The average molecular weight is 201 g/mol. The van der Waals surface area contributed by atoms with Crippen molar-refractivity contribution in [3.63, 3.8) is 0 Å². The smallest absolute Gasteiger partial charge is 0.0509 e. The Labute approximate surface area is 89.4 Å². The van der Waals surface area contributed by atoms with E-state index in [2.05, 4.69) is 5.32 Å². The molecular formula is C12H27NO. The van der Waals surface area contributed by atoms with Crippen LogP contribution in [0.25, 0.3) is 0 Å². The van der Waals surface area contributed by atoms with E-state index in [1.54, 1.807) is 0 Å². The summed E-state index contributed by atoms with van der Waals surface area (Å²) in [5, 5.41) is 3.52. The highest BCUT2D eigenvalue weighted by Gasteiger charge is 2.27. The maximum absolute atomic E-state index is 5.47.